The molecule has 3 aliphatic rings. The van der Waals surface area contributed by atoms with Gasteiger partial charge in [0.05, 0.1) is 13.7 Å². The number of ether oxygens (including phenoxy) is 3. The summed E-state index contributed by atoms with van der Waals surface area (Å²) < 4.78 is 17.2. The summed E-state index contributed by atoms with van der Waals surface area (Å²) in [5.74, 6) is 2.56. The Balaban J connectivity index is 1.87. The molecule has 0 bridgehead atoms. The van der Waals surface area contributed by atoms with Crippen molar-refractivity contribution in [2.45, 2.75) is 51.4 Å². The lowest BCUT2D eigenvalue weighted by Crippen LogP contribution is -2.30. The van der Waals surface area contributed by atoms with E-state index in [0.717, 1.165) is 42.8 Å². The molecule has 0 spiro atoms. The molecule has 2 aliphatic carbocycles. The number of hydrogen-bond donors (Lipinski definition) is 0. The van der Waals surface area contributed by atoms with Gasteiger partial charge in [0, 0.05) is 42.7 Å². The van der Waals surface area contributed by atoms with Crippen LogP contribution in [0.2, 0.25) is 0 Å². The second-order valence-electron chi connectivity index (χ2n) is 7.11. The van der Waals surface area contributed by atoms with Gasteiger partial charge in [-0.3, -0.25) is 9.59 Å². The van der Waals surface area contributed by atoms with Crippen molar-refractivity contribution in [1.29, 1.82) is 0 Å². The minimum Gasteiger partial charge on any atom is -0.493 e. The van der Waals surface area contributed by atoms with Gasteiger partial charge >= 0.3 is 0 Å². The molecular formula is C22H24O5. The summed E-state index contributed by atoms with van der Waals surface area (Å²) in [5, 5.41) is 0. The van der Waals surface area contributed by atoms with Crippen molar-refractivity contribution in [2.24, 2.45) is 0 Å². The van der Waals surface area contributed by atoms with Crippen LogP contribution in [0.5, 0.6) is 11.5 Å². The van der Waals surface area contributed by atoms with Gasteiger partial charge in [0.15, 0.2) is 23.1 Å². The van der Waals surface area contributed by atoms with Crippen molar-refractivity contribution in [3.8, 4) is 11.5 Å². The first kappa shape index (κ1) is 17.8. The molecule has 5 heteroatoms. The molecule has 1 heterocycles. The van der Waals surface area contributed by atoms with Crippen molar-refractivity contribution in [1.82, 2.24) is 0 Å². The van der Waals surface area contributed by atoms with E-state index in [9.17, 15) is 9.59 Å². The minimum atomic E-state index is -0.367. The quantitative estimate of drug-likeness (QED) is 0.796. The van der Waals surface area contributed by atoms with Crippen LogP contribution in [0, 0.1) is 0 Å². The van der Waals surface area contributed by atoms with E-state index in [2.05, 4.69) is 0 Å². The molecule has 0 atom stereocenters. The Kier molecular flexibility index (Phi) is 4.77. The van der Waals surface area contributed by atoms with E-state index < -0.39 is 0 Å². The predicted molar refractivity (Wildman–Crippen MR) is 99.8 cm³/mol. The number of hydrogen-bond acceptors (Lipinski definition) is 5. The zero-order valence-corrected chi connectivity index (χ0v) is 15.8. The maximum atomic E-state index is 12.8. The maximum Gasteiger partial charge on any atom is 0.163 e. The highest BCUT2D eigenvalue weighted by Gasteiger charge is 2.41. The van der Waals surface area contributed by atoms with Crippen LogP contribution in [-0.2, 0) is 14.3 Å². The van der Waals surface area contributed by atoms with Crippen LogP contribution in [-0.4, -0.2) is 25.3 Å². The summed E-state index contributed by atoms with van der Waals surface area (Å²) >= 11 is 0. The molecule has 1 aromatic carbocycles. The summed E-state index contributed by atoms with van der Waals surface area (Å²) in [6.45, 7) is 2.45. The lowest BCUT2D eigenvalue weighted by atomic mass is 9.73. The lowest BCUT2D eigenvalue weighted by molar-refractivity contribution is -0.117. The number of allylic oxidation sites excluding steroid dienone is 4. The number of Topliss-reactive ketones (excluding diaryl/α,β-unsaturated/α-hetero) is 2. The number of carbonyl (C=O) groups is 2. The number of rotatable bonds is 4. The highest BCUT2D eigenvalue weighted by molar-refractivity contribution is 6.05. The number of methoxy groups -OCH3 is 1. The molecule has 4 rings (SSSR count). The third kappa shape index (κ3) is 3.05. The Bertz CT molecular complexity index is 819. The fraction of sp³-hybridized carbons (Fsp3) is 0.455. The molecule has 0 aromatic heterocycles. The third-order valence-corrected chi connectivity index (χ3v) is 5.46. The van der Waals surface area contributed by atoms with Crippen molar-refractivity contribution >= 4 is 11.6 Å². The molecule has 0 saturated carbocycles. The SMILES string of the molecule is CCOc1ccc(C2C3=C(CCCC3=O)OC3=C2C(=O)CCC3)cc1OC. The van der Waals surface area contributed by atoms with Gasteiger partial charge in [0.2, 0.25) is 0 Å². The normalized spacial score (nSPS) is 20.2. The van der Waals surface area contributed by atoms with E-state index >= 15 is 0 Å². The number of ketones is 2. The fourth-order valence-electron chi connectivity index (χ4n) is 4.29. The summed E-state index contributed by atoms with van der Waals surface area (Å²) in [5.41, 5.74) is 2.19. The van der Waals surface area contributed by atoms with Crippen LogP contribution in [0.1, 0.15) is 56.9 Å². The second-order valence-corrected chi connectivity index (χ2v) is 7.11. The van der Waals surface area contributed by atoms with Crippen LogP contribution >= 0.6 is 0 Å². The molecule has 0 N–H and O–H groups in total. The Labute approximate surface area is 159 Å². The van der Waals surface area contributed by atoms with E-state index in [-0.39, 0.29) is 17.5 Å². The van der Waals surface area contributed by atoms with Gasteiger partial charge in [-0.1, -0.05) is 6.07 Å². The van der Waals surface area contributed by atoms with Crippen molar-refractivity contribution in [2.75, 3.05) is 13.7 Å². The van der Waals surface area contributed by atoms with Gasteiger partial charge in [-0.15, -0.1) is 0 Å². The monoisotopic (exact) mass is 368 g/mol. The molecule has 27 heavy (non-hydrogen) atoms. The van der Waals surface area contributed by atoms with E-state index in [0.29, 0.717) is 42.1 Å². The third-order valence-electron chi connectivity index (χ3n) is 5.46. The van der Waals surface area contributed by atoms with Crippen molar-refractivity contribution in [3.05, 3.63) is 46.4 Å². The summed E-state index contributed by atoms with van der Waals surface area (Å²) in [4.78, 5) is 25.6. The second kappa shape index (κ2) is 7.22. The summed E-state index contributed by atoms with van der Waals surface area (Å²) in [6.07, 6.45) is 4.10. The maximum absolute atomic E-state index is 12.8. The molecule has 0 amide bonds. The van der Waals surface area contributed by atoms with Crippen LogP contribution in [0.25, 0.3) is 0 Å². The molecule has 5 nitrogen and oxygen atoms in total. The zero-order chi connectivity index (χ0) is 19.0. The van der Waals surface area contributed by atoms with Gasteiger partial charge in [-0.25, -0.2) is 0 Å². The Morgan fingerprint density at radius 3 is 2.15 bits per heavy atom. The van der Waals surface area contributed by atoms with Crippen LogP contribution in [0.3, 0.4) is 0 Å². The van der Waals surface area contributed by atoms with Gasteiger partial charge in [-0.2, -0.15) is 0 Å². The van der Waals surface area contributed by atoms with Crippen LogP contribution in [0.4, 0.5) is 0 Å². The first-order valence-electron chi connectivity index (χ1n) is 9.65. The van der Waals surface area contributed by atoms with Gasteiger partial charge in [-0.05, 0) is 37.5 Å². The average Bonchev–Trinajstić information content (AvgIpc) is 2.67. The first-order chi connectivity index (χ1) is 13.1. The molecule has 0 saturated heterocycles. The lowest BCUT2D eigenvalue weighted by Gasteiger charge is -2.36. The van der Waals surface area contributed by atoms with Crippen LogP contribution in [0.15, 0.2) is 40.9 Å². The standard InChI is InChI=1S/C22H24O5/c1-3-26-16-11-10-13(12-19(16)25-2)20-21-14(23)6-4-8-17(21)27-18-9-5-7-15(24)22(18)20/h10-12,20H,3-9H2,1-2H3. The topological polar surface area (TPSA) is 61.8 Å². The van der Waals surface area contributed by atoms with Gasteiger partial charge in [0.1, 0.15) is 11.5 Å². The van der Waals surface area contributed by atoms with Gasteiger partial charge in [0.25, 0.3) is 0 Å². The fourth-order valence-corrected chi connectivity index (χ4v) is 4.29. The van der Waals surface area contributed by atoms with Crippen molar-refractivity contribution < 1.29 is 23.8 Å². The van der Waals surface area contributed by atoms with E-state index in [1.165, 1.54) is 0 Å². The minimum absolute atomic E-state index is 0.0824. The Morgan fingerprint density at radius 2 is 1.59 bits per heavy atom. The highest BCUT2D eigenvalue weighted by Crippen LogP contribution is 2.48. The molecule has 142 valence electrons. The van der Waals surface area contributed by atoms with E-state index in [1.807, 2.05) is 25.1 Å². The Hall–Kier alpha value is -2.56. The largest absolute Gasteiger partial charge is 0.493 e. The highest BCUT2D eigenvalue weighted by atomic mass is 16.5. The molecule has 0 unspecified atom stereocenters. The number of benzene rings is 1. The van der Waals surface area contributed by atoms with E-state index in [1.54, 1.807) is 7.11 Å². The summed E-state index contributed by atoms with van der Waals surface area (Å²) in [6, 6.07) is 5.68. The zero-order valence-electron chi connectivity index (χ0n) is 15.8. The number of carbonyl (C=O) groups excluding carboxylic acids is 2. The summed E-state index contributed by atoms with van der Waals surface area (Å²) in [7, 11) is 1.60. The predicted octanol–water partition coefficient (Wildman–Crippen LogP) is 4.22. The Morgan fingerprint density at radius 1 is 0.963 bits per heavy atom. The van der Waals surface area contributed by atoms with Crippen LogP contribution < -0.4 is 9.47 Å². The molecule has 1 aliphatic heterocycles. The molecule has 0 fully saturated rings. The molecule has 0 radical (unpaired) electrons. The molecular weight excluding hydrogens is 344 g/mol. The van der Waals surface area contributed by atoms with Crippen molar-refractivity contribution in [3.63, 3.8) is 0 Å². The van der Waals surface area contributed by atoms with Gasteiger partial charge < -0.3 is 14.2 Å². The first-order valence-corrected chi connectivity index (χ1v) is 9.65. The van der Waals surface area contributed by atoms with E-state index in [4.69, 9.17) is 14.2 Å². The smallest absolute Gasteiger partial charge is 0.163 e. The molecule has 1 aromatic rings. The average molecular weight is 368 g/mol.